The maximum absolute atomic E-state index is 9.33. The third-order valence-electron chi connectivity index (χ3n) is 5.99. The number of thiocarbonyl (C=S) groups is 1. The second-order valence-corrected chi connectivity index (χ2v) is 7.88. The zero-order valence-electron chi connectivity index (χ0n) is 15.1. The fourth-order valence-corrected chi connectivity index (χ4v) is 5.06. The van der Waals surface area contributed by atoms with Crippen LogP contribution in [-0.4, -0.2) is 45.4 Å². The SMILES string of the molecule is CCCN1CCC[C@@H]2c3cccc4c3c(c(C)n4NC(=S)CO)C[C@H]21. The molecule has 1 aromatic carbocycles. The molecule has 0 spiro atoms. The smallest absolute Gasteiger partial charge is 0.120 e. The summed E-state index contributed by atoms with van der Waals surface area (Å²) in [6.07, 6.45) is 4.91. The van der Waals surface area contributed by atoms with Crippen LogP contribution in [0, 0.1) is 6.92 Å². The zero-order chi connectivity index (χ0) is 17.6. The topological polar surface area (TPSA) is 40.4 Å². The van der Waals surface area contributed by atoms with Crippen LogP contribution in [0.1, 0.15) is 48.9 Å². The summed E-state index contributed by atoms with van der Waals surface area (Å²) < 4.78 is 2.08. The summed E-state index contributed by atoms with van der Waals surface area (Å²) in [5.74, 6) is 0.636. The van der Waals surface area contributed by atoms with Gasteiger partial charge in [-0.1, -0.05) is 31.3 Å². The predicted octanol–water partition coefficient (Wildman–Crippen LogP) is 3.33. The molecule has 2 aliphatic rings. The Balaban J connectivity index is 1.84. The van der Waals surface area contributed by atoms with E-state index in [0.717, 1.165) is 6.42 Å². The van der Waals surface area contributed by atoms with Crippen LogP contribution >= 0.6 is 12.2 Å². The molecule has 1 fully saturated rings. The van der Waals surface area contributed by atoms with Gasteiger partial charge in [0.2, 0.25) is 0 Å². The first-order valence-electron chi connectivity index (χ1n) is 9.43. The van der Waals surface area contributed by atoms with Crippen molar-refractivity contribution in [3.8, 4) is 0 Å². The van der Waals surface area contributed by atoms with Crippen molar-refractivity contribution in [1.29, 1.82) is 0 Å². The fourth-order valence-electron chi connectivity index (χ4n) is 4.97. The normalized spacial score (nSPS) is 22.8. The first-order chi connectivity index (χ1) is 12.2. The molecule has 0 radical (unpaired) electrons. The highest BCUT2D eigenvalue weighted by Gasteiger charge is 2.38. The van der Waals surface area contributed by atoms with Crippen LogP contribution < -0.4 is 5.43 Å². The molecule has 2 heterocycles. The van der Waals surface area contributed by atoms with Crippen molar-refractivity contribution in [1.82, 2.24) is 9.58 Å². The average Bonchev–Trinajstić information content (AvgIpc) is 2.90. The number of hydrogen-bond acceptors (Lipinski definition) is 3. The van der Waals surface area contributed by atoms with Crippen molar-refractivity contribution in [2.24, 2.45) is 0 Å². The lowest BCUT2D eigenvalue weighted by atomic mass is 9.74. The summed E-state index contributed by atoms with van der Waals surface area (Å²) in [6.45, 7) is 6.74. The van der Waals surface area contributed by atoms with E-state index in [4.69, 9.17) is 12.2 Å². The quantitative estimate of drug-likeness (QED) is 0.824. The van der Waals surface area contributed by atoms with E-state index >= 15 is 0 Å². The summed E-state index contributed by atoms with van der Waals surface area (Å²) in [5, 5.41) is 10.7. The van der Waals surface area contributed by atoms with Gasteiger partial charge in [0.05, 0.1) is 12.1 Å². The Labute approximate surface area is 154 Å². The van der Waals surface area contributed by atoms with Gasteiger partial charge in [-0.25, -0.2) is 0 Å². The number of piperidine rings is 1. The number of nitrogens with one attached hydrogen (secondary N) is 1. The van der Waals surface area contributed by atoms with Gasteiger partial charge in [0, 0.05) is 23.0 Å². The van der Waals surface area contributed by atoms with Gasteiger partial charge in [0.25, 0.3) is 0 Å². The van der Waals surface area contributed by atoms with E-state index < -0.39 is 0 Å². The molecule has 0 unspecified atom stereocenters. The number of rotatable bonds is 4. The Morgan fingerprint density at radius 3 is 3.00 bits per heavy atom. The minimum atomic E-state index is -0.126. The van der Waals surface area contributed by atoms with Crippen LogP contribution in [0.2, 0.25) is 0 Å². The molecule has 4 rings (SSSR count). The van der Waals surface area contributed by atoms with Crippen molar-refractivity contribution < 1.29 is 5.11 Å². The largest absolute Gasteiger partial charge is 0.389 e. The highest BCUT2D eigenvalue weighted by Crippen LogP contribution is 2.45. The number of aliphatic hydroxyl groups is 1. The lowest BCUT2D eigenvalue weighted by molar-refractivity contribution is 0.124. The van der Waals surface area contributed by atoms with E-state index in [0.29, 0.717) is 16.9 Å². The molecule has 1 aliphatic heterocycles. The van der Waals surface area contributed by atoms with E-state index in [-0.39, 0.29) is 6.61 Å². The first-order valence-corrected chi connectivity index (χ1v) is 9.84. The molecule has 0 amide bonds. The fraction of sp³-hybridized carbons (Fsp3) is 0.550. The molecule has 2 N–H and O–H groups in total. The third kappa shape index (κ3) is 2.69. The molecule has 1 saturated heterocycles. The van der Waals surface area contributed by atoms with Gasteiger partial charge in [-0.15, -0.1) is 0 Å². The Kier molecular flexibility index (Phi) is 4.56. The Hall–Kier alpha value is -1.43. The molecular weight excluding hydrogens is 330 g/mol. The van der Waals surface area contributed by atoms with E-state index in [9.17, 15) is 5.11 Å². The maximum Gasteiger partial charge on any atom is 0.120 e. The van der Waals surface area contributed by atoms with E-state index in [2.05, 4.69) is 47.0 Å². The van der Waals surface area contributed by atoms with Gasteiger partial charge in [0.15, 0.2) is 0 Å². The number of hydrogen-bond donors (Lipinski definition) is 2. The highest BCUT2D eigenvalue weighted by molar-refractivity contribution is 7.80. The number of likely N-dealkylation sites (tertiary alicyclic amines) is 1. The third-order valence-corrected chi connectivity index (χ3v) is 6.21. The van der Waals surface area contributed by atoms with Crippen molar-refractivity contribution in [2.75, 3.05) is 25.1 Å². The van der Waals surface area contributed by atoms with Gasteiger partial charge in [-0.3, -0.25) is 15.0 Å². The molecule has 1 aliphatic carbocycles. The monoisotopic (exact) mass is 357 g/mol. The van der Waals surface area contributed by atoms with E-state index in [1.54, 1.807) is 0 Å². The minimum Gasteiger partial charge on any atom is -0.389 e. The van der Waals surface area contributed by atoms with Crippen molar-refractivity contribution >= 4 is 28.1 Å². The summed E-state index contributed by atoms with van der Waals surface area (Å²) in [6, 6.07) is 7.27. The second kappa shape index (κ2) is 6.71. The van der Waals surface area contributed by atoms with Gasteiger partial charge < -0.3 is 5.11 Å². The average molecular weight is 358 g/mol. The van der Waals surface area contributed by atoms with Gasteiger partial charge in [-0.2, -0.15) is 0 Å². The Morgan fingerprint density at radius 1 is 1.40 bits per heavy atom. The molecule has 0 bridgehead atoms. The first kappa shape index (κ1) is 17.0. The highest BCUT2D eigenvalue weighted by atomic mass is 32.1. The molecule has 4 nitrogen and oxygen atoms in total. The van der Waals surface area contributed by atoms with Crippen molar-refractivity contribution in [2.45, 2.75) is 51.5 Å². The van der Waals surface area contributed by atoms with Gasteiger partial charge in [0.1, 0.15) is 4.99 Å². The summed E-state index contributed by atoms with van der Waals surface area (Å²) >= 11 is 5.22. The Morgan fingerprint density at radius 2 is 2.24 bits per heavy atom. The van der Waals surface area contributed by atoms with Crippen LogP contribution in [0.4, 0.5) is 0 Å². The van der Waals surface area contributed by atoms with Gasteiger partial charge in [-0.05, 0) is 62.9 Å². The van der Waals surface area contributed by atoms with Gasteiger partial charge >= 0.3 is 0 Å². The standard InChI is InChI=1S/C20H27N3OS/c1-3-9-22-10-5-7-14-15-6-4-8-17-20(15)16(11-18(14)22)13(2)23(17)21-19(25)12-24/h4,6,8,14,18,24H,3,5,7,9-12H2,1-2H3,(H,21,25)/t14-,18-/m1/s1. The molecule has 5 heteroatoms. The summed E-state index contributed by atoms with van der Waals surface area (Å²) in [5.41, 5.74) is 8.57. The number of aliphatic hydroxyl groups excluding tert-OH is 1. The van der Waals surface area contributed by atoms with Crippen LogP contribution in [0.3, 0.4) is 0 Å². The maximum atomic E-state index is 9.33. The predicted molar refractivity (Wildman–Crippen MR) is 107 cm³/mol. The van der Waals surface area contributed by atoms with E-state index in [1.165, 1.54) is 60.1 Å². The molecule has 134 valence electrons. The van der Waals surface area contributed by atoms with E-state index in [1.807, 2.05) is 0 Å². The molecule has 25 heavy (non-hydrogen) atoms. The lowest BCUT2D eigenvalue weighted by Gasteiger charge is -2.44. The van der Waals surface area contributed by atoms with Crippen LogP contribution in [0.5, 0.6) is 0 Å². The zero-order valence-corrected chi connectivity index (χ0v) is 15.9. The van der Waals surface area contributed by atoms with Crippen LogP contribution in [0.15, 0.2) is 18.2 Å². The molecule has 0 saturated carbocycles. The van der Waals surface area contributed by atoms with Crippen molar-refractivity contribution in [3.05, 3.63) is 35.0 Å². The number of aromatic nitrogens is 1. The molecule has 2 atom stereocenters. The summed E-state index contributed by atoms with van der Waals surface area (Å²) in [4.78, 5) is 3.17. The number of benzene rings is 1. The minimum absolute atomic E-state index is 0.126. The molecular formula is C20H27N3OS. The summed E-state index contributed by atoms with van der Waals surface area (Å²) in [7, 11) is 0. The number of fused-ring (bicyclic) bond motifs is 2. The lowest BCUT2D eigenvalue weighted by Crippen LogP contribution is -2.47. The Bertz CT molecular complexity index is 811. The van der Waals surface area contributed by atoms with Crippen LogP contribution in [-0.2, 0) is 6.42 Å². The van der Waals surface area contributed by atoms with Crippen molar-refractivity contribution in [3.63, 3.8) is 0 Å². The molecule has 2 aromatic rings. The van der Waals surface area contributed by atoms with Crippen LogP contribution in [0.25, 0.3) is 10.9 Å². The number of nitrogens with zero attached hydrogens (tertiary/aromatic N) is 2. The molecule has 1 aromatic heterocycles. The second-order valence-electron chi connectivity index (χ2n) is 7.39.